The lowest BCUT2D eigenvalue weighted by molar-refractivity contribution is 0.0988. The lowest BCUT2D eigenvalue weighted by Crippen LogP contribution is -1.95. The Bertz CT molecular complexity index is 342. The Kier molecular flexibility index (Phi) is 4.60. The van der Waals surface area contributed by atoms with Crippen molar-refractivity contribution in [3.63, 3.8) is 0 Å². The van der Waals surface area contributed by atoms with Crippen molar-refractivity contribution in [2.75, 3.05) is 5.33 Å². The molecule has 0 heterocycles. The van der Waals surface area contributed by atoms with Crippen molar-refractivity contribution in [1.29, 1.82) is 0 Å². The van der Waals surface area contributed by atoms with Gasteiger partial charge in [0.1, 0.15) is 0 Å². The minimum Gasteiger partial charge on any atom is -0.294 e. The summed E-state index contributed by atoms with van der Waals surface area (Å²) in [4.78, 5) is 11.4. The number of hydrogen-bond donors (Lipinski definition) is 0. The predicted molar refractivity (Wildman–Crippen MR) is 63.9 cm³/mol. The minimum absolute atomic E-state index is 0.194. The third kappa shape index (κ3) is 3.11. The van der Waals surface area contributed by atoms with E-state index in [1.807, 2.05) is 43.3 Å². The number of rotatable bonds is 4. The average Bonchev–Trinajstić information content (AvgIpc) is 2.25. The Balaban J connectivity index is 2.89. The molecule has 0 aromatic heterocycles. The van der Waals surface area contributed by atoms with Crippen molar-refractivity contribution in [1.82, 2.24) is 0 Å². The molecule has 0 saturated carbocycles. The SMILES string of the molecule is CCC(=O)c1cccc(C=CCBr)c1. The van der Waals surface area contributed by atoms with Crippen LogP contribution in [0.2, 0.25) is 0 Å². The van der Waals surface area contributed by atoms with Crippen LogP contribution in [0.15, 0.2) is 30.3 Å². The summed E-state index contributed by atoms with van der Waals surface area (Å²) in [5.74, 6) is 0.194. The van der Waals surface area contributed by atoms with Crippen molar-refractivity contribution < 1.29 is 4.79 Å². The van der Waals surface area contributed by atoms with E-state index in [4.69, 9.17) is 0 Å². The molecule has 2 heteroatoms. The lowest BCUT2D eigenvalue weighted by atomic mass is 10.1. The number of hydrogen-bond acceptors (Lipinski definition) is 1. The van der Waals surface area contributed by atoms with Gasteiger partial charge in [-0.3, -0.25) is 4.79 Å². The van der Waals surface area contributed by atoms with Crippen LogP contribution >= 0.6 is 15.9 Å². The molecule has 0 saturated heterocycles. The van der Waals surface area contributed by atoms with Gasteiger partial charge in [0.2, 0.25) is 0 Å². The highest BCUT2D eigenvalue weighted by atomic mass is 79.9. The van der Waals surface area contributed by atoms with Crippen molar-refractivity contribution in [2.24, 2.45) is 0 Å². The zero-order chi connectivity index (χ0) is 10.4. The molecule has 74 valence electrons. The normalized spacial score (nSPS) is 10.7. The standard InChI is InChI=1S/C12H13BrO/c1-2-12(14)11-7-3-5-10(9-11)6-4-8-13/h3-7,9H,2,8H2,1H3. The Hall–Kier alpha value is -0.890. The maximum absolute atomic E-state index is 11.4. The quantitative estimate of drug-likeness (QED) is 0.590. The minimum atomic E-state index is 0.194. The van der Waals surface area contributed by atoms with Crippen LogP contribution in [-0.4, -0.2) is 11.1 Å². The van der Waals surface area contributed by atoms with Crippen molar-refractivity contribution in [3.05, 3.63) is 41.5 Å². The van der Waals surface area contributed by atoms with Crippen LogP contribution in [-0.2, 0) is 0 Å². The van der Waals surface area contributed by atoms with E-state index in [1.165, 1.54) is 0 Å². The highest BCUT2D eigenvalue weighted by Crippen LogP contribution is 2.09. The molecule has 14 heavy (non-hydrogen) atoms. The fraction of sp³-hybridized carbons (Fsp3) is 0.250. The second-order valence-corrected chi connectivity index (χ2v) is 3.61. The molecule has 0 atom stereocenters. The van der Waals surface area contributed by atoms with Gasteiger partial charge in [0, 0.05) is 17.3 Å². The fourth-order valence-corrected chi connectivity index (χ4v) is 1.39. The van der Waals surface area contributed by atoms with Crippen LogP contribution in [0.25, 0.3) is 6.08 Å². The van der Waals surface area contributed by atoms with Gasteiger partial charge in [-0.1, -0.05) is 53.2 Å². The van der Waals surface area contributed by atoms with Gasteiger partial charge in [-0.15, -0.1) is 0 Å². The van der Waals surface area contributed by atoms with E-state index in [1.54, 1.807) is 0 Å². The second kappa shape index (κ2) is 5.76. The first-order valence-electron chi connectivity index (χ1n) is 4.63. The van der Waals surface area contributed by atoms with E-state index in [-0.39, 0.29) is 5.78 Å². The molecular formula is C12H13BrO. The Morgan fingerprint density at radius 1 is 1.50 bits per heavy atom. The van der Waals surface area contributed by atoms with Crippen molar-refractivity contribution in [3.8, 4) is 0 Å². The van der Waals surface area contributed by atoms with Crippen molar-refractivity contribution in [2.45, 2.75) is 13.3 Å². The maximum Gasteiger partial charge on any atom is 0.162 e. The van der Waals surface area contributed by atoms with E-state index in [2.05, 4.69) is 15.9 Å². The summed E-state index contributed by atoms with van der Waals surface area (Å²) in [6.07, 6.45) is 4.57. The van der Waals surface area contributed by atoms with Crippen LogP contribution in [0.3, 0.4) is 0 Å². The highest BCUT2D eigenvalue weighted by molar-refractivity contribution is 9.09. The molecule has 0 unspecified atom stereocenters. The third-order valence-electron chi connectivity index (χ3n) is 1.93. The average molecular weight is 253 g/mol. The molecule has 0 radical (unpaired) electrons. The monoisotopic (exact) mass is 252 g/mol. The number of Topliss-reactive ketones (excluding diaryl/α,β-unsaturated/α-hetero) is 1. The first kappa shape index (κ1) is 11.2. The molecule has 1 aromatic carbocycles. The summed E-state index contributed by atoms with van der Waals surface area (Å²) in [7, 11) is 0. The van der Waals surface area contributed by atoms with E-state index in [0.717, 1.165) is 16.5 Å². The zero-order valence-electron chi connectivity index (χ0n) is 8.16. The summed E-state index contributed by atoms with van der Waals surface area (Å²) >= 11 is 3.31. The Morgan fingerprint density at radius 3 is 2.93 bits per heavy atom. The van der Waals surface area contributed by atoms with Crippen LogP contribution in [0.5, 0.6) is 0 Å². The maximum atomic E-state index is 11.4. The summed E-state index contributed by atoms with van der Waals surface area (Å²) in [6.45, 7) is 1.88. The molecule has 0 bridgehead atoms. The fourth-order valence-electron chi connectivity index (χ4n) is 1.20. The molecule has 1 nitrogen and oxygen atoms in total. The number of carbonyl (C=O) groups excluding carboxylic acids is 1. The van der Waals surface area contributed by atoms with Gasteiger partial charge in [-0.2, -0.15) is 0 Å². The number of alkyl halides is 1. The van der Waals surface area contributed by atoms with Gasteiger partial charge in [-0.25, -0.2) is 0 Å². The summed E-state index contributed by atoms with van der Waals surface area (Å²) < 4.78 is 0. The molecule has 1 rings (SSSR count). The number of allylic oxidation sites excluding steroid dienone is 1. The molecule has 0 fully saturated rings. The molecule has 0 N–H and O–H groups in total. The number of benzene rings is 1. The molecule has 0 aliphatic carbocycles. The third-order valence-corrected chi connectivity index (χ3v) is 2.30. The van der Waals surface area contributed by atoms with E-state index >= 15 is 0 Å². The van der Waals surface area contributed by atoms with Gasteiger partial charge < -0.3 is 0 Å². The van der Waals surface area contributed by atoms with Gasteiger partial charge in [0.25, 0.3) is 0 Å². The van der Waals surface area contributed by atoms with E-state index in [0.29, 0.717) is 6.42 Å². The van der Waals surface area contributed by atoms with Gasteiger partial charge in [0.15, 0.2) is 5.78 Å². The van der Waals surface area contributed by atoms with E-state index < -0.39 is 0 Å². The number of halogens is 1. The number of carbonyl (C=O) groups is 1. The molecule has 0 amide bonds. The second-order valence-electron chi connectivity index (χ2n) is 2.96. The van der Waals surface area contributed by atoms with Gasteiger partial charge in [-0.05, 0) is 11.6 Å². The Labute approximate surface area is 93.0 Å². The number of ketones is 1. The van der Waals surface area contributed by atoms with E-state index in [9.17, 15) is 4.79 Å². The van der Waals surface area contributed by atoms with Crippen LogP contribution in [0.4, 0.5) is 0 Å². The largest absolute Gasteiger partial charge is 0.294 e. The summed E-state index contributed by atoms with van der Waals surface area (Å²) in [5.41, 5.74) is 1.87. The first-order valence-corrected chi connectivity index (χ1v) is 5.76. The molecule has 0 aliphatic heterocycles. The topological polar surface area (TPSA) is 17.1 Å². The Morgan fingerprint density at radius 2 is 2.29 bits per heavy atom. The van der Waals surface area contributed by atoms with Crippen LogP contribution < -0.4 is 0 Å². The summed E-state index contributed by atoms with van der Waals surface area (Å²) in [5, 5.41) is 0.832. The van der Waals surface area contributed by atoms with Gasteiger partial charge in [0.05, 0.1) is 0 Å². The zero-order valence-corrected chi connectivity index (χ0v) is 9.75. The van der Waals surface area contributed by atoms with Crippen molar-refractivity contribution >= 4 is 27.8 Å². The highest BCUT2D eigenvalue weighted by Gasteiger charge is 2.01. The first-order chi connectivity index (χ1) is 6.77. The molecule has 0 spiro atoms. The molecule has 1 aromatic rings. The lowest BCUT2D eigenvalue weighted by Gasteiger charge is -1.99. The molecule has 0 aliphatic rings. The summed E-state index contributed by atoms with van der Waals surface area (Å²) in [6, 6.07) is 7.69. The van der Waals surface area contributed by atoms with Gasteiger partial charge >= 0.3 is 0 Å². The van der Waals surface area contributed by atoms with Crippen LogP contribution in [0, 0.1) is 0 Å². The van der Waals surface area contributed by atoms with Crippen LogP contribution in [0.1, 0.15) is 29.3 Å². The predicted octanol–water partition coefficient (Wildman–Crippen LogP) is 3.69. The smallest absolute Gasteiger partial charge is 0.162 e. The molecular weight excluding hydrogens is 240 g/mol.